The van der Waals surface area contributed by atoms with Gasteiger partial charge in [0.15, 0.2) is 5.96 Å². The highest BCUT2D eigenvalue weighted by Gasteiger charge is 2.25. The number of likely N-dealkylation sites (tertiary alicyclic amines) is 1. The Balaban J connectivity index is 1.48. The number of benzene rings is 1. The average Bonchev–Trinajstić information content (AvgIpc) is 3.29. The molecule has 6 nitrogen and oxygen atoms in total. The third-order valence-electron chi connectivity index (χ3n) is 5.25. The van der Waals surface area contributed by atoms with Crippen molar-refractivity contribution >= 4 is 5.96 Å². The summed E-state index contributed by atoms with van der Waals surface area (Å²) in [6.45, 7) is 5.04. The highest BCUT2D eigenvalue weighted by Crippen LogP contribution is 2.21. The van der Waals surface area contributed by atoms with E-state index in [0.29, 0.717) is 5.92 Å². The van der Waals surface area contributed by atoms with Crippen molar-refractivity contribution in [2.45, 2.75) is 26.2 Å². The van der Waals surface area contributed by atoms with E-state index in [9.17, 15) is 0 Å². The molecule has 1 N–H and O–H groups in total. The quantitative estimate of drug-likeness (QED) is 0.628. The summed E-state index contributed by atoms with van der Waals surface area (Å²) in [5, 5.41) is 7.79. The van der Waals surface area contributed by atoms with Crippen LogP contribution >= 0.6 is 0 Å². The van der Waals surface area contributed by atoms with Crippen LogP contribution in [-0.4, -0.2) is 54.4 Å². The molecule has 0 saturated carbocycles. The highest BCUT2D eigenvalue weighted by atomic mass is 16.5. The summed E-state index contributed by atoms with van der Waals surface area (Å²) in [7, 11) is 5.56. The van der Waals surface area contributed by atoms with Crippen LogP contribution in [0.3, 0.4) is 0 Å². The second kappa shape index (κ2) is 8.93. The summed E-state index contributed by atoms with van der Waals surface area (Å²) in [4.78, 5) is 6.86. The van der Waals surface area contributed by atoms with Crippen LogP contribution in [-0.2, 0) is 19.9 Å². The minimum absolute atomic E-state index is 0.661. The van der Waals surface area contributed by atoms with Crippen molar-refractivity contribution in [2.24, 2.45) is 18.0 Å². The van der Waals surface area contributed by atoms with E-state index in [4.69, 9.17) is 4.74 Å². The molecule has 1 aliphatic heterocycles. The number of aryl methyl sites for hydroxylation is 2. The maximum absolute atomic E-state index is 5.42. The van der Waals surface area contributed by atoms with Crippen LogP contribution in [0, 0.1) is 12.8 Å². The van der Waals surface area contributed by atoms with Crippen LogP contribution in [0.4, 0.5) is 0 Å². The summed E-state index contributed by atoms with van der Waals surface area (Å²) in [6, 6.07) is 6.41. The molecule has 2 aromatic rings. The number of hydrogen-bond donors (Lipinski definition) is 1. The number of nitrogens with one attached hydrogen (secondary N) is 1. The molecule has 1 unspecified atom stereocenters. The Morgan fingerprint density at radius 2 is 2.22 bits per heavy atom. The second-order valence-corrected chi connectivity index (χ2v) is 7.36. The van der Waals surface area contributed by atoms with Gasteiger partial charge in [0.05, 0.1) is 13.3 Å². The highest BCUT2D eigenvalue weighted by molar-refractivity contribution is 5.80. The molecular weight excluding hydrogens is 338 g/mol. The fourth-order valence-corrected chi connectivity index (χ4v) is 3.77. The van der Waals surface area contributed by atoms with E-state index in [1.54, 1.807) is 7.11 Å². The molecule has 1 atom stereocenters. The zero-order valence-corrected chi connectivity index (χ0v) is 16.9. The maximum atomic E-state index is 5.42. The minimum atomic E-state index is 0.661. The monoisotopic (exact) mass is 369 g/mol. The van der Waals surface area contributed by atoms with Crippen molar-refractivity contribution in [1.29, 1.82) is 0 Å². The Morgan fingerprint density at radius 1 is 1.37 bits per heavy atom. The minimum Gasteiger partial charge on any atom is -0.496 e. The van der Waals surface area contributed by atoms with Crippen LogP contribution in [0.15, 0.2) is 35.6 Å². The zero-order valence-electron chi connectivity index (χ0n) is 16.9. The number of nitrogens with zero attached hydrogens (tertiary/aromatic N) is 4. The van der Waals surface area contributed by atoms with Crippen molar-refractivity contribution < 1.29 is 4.74 Å². The smallest absolute Gasteiger partial charge is 0.193 e. The predicted octanol–water partition coefficient (Wildman–Crippen LogP) is 2.42. The number of ether oxygens (including phenoxy) is 1. The molecule has 0 radical (unpaired) electrons. The first kappa shape index (κ1) is 19.3. The molecule has 27 heavy (non-hydrogen) atoms. The first-order valence-corrected chi connectivity index (χ1v) is 9.65. The molecule has 1 aliphatic rings. The molecule has 0 aliphatic carbocycles. The molecule has 1 aromatic heterocycles. The topological polar surface area (TPSA) is 54.7 Å². The van der Waals surface area contributed by atoms with Crippen molar-refractivity contribution in [2.75, 3.05) is 33.8 Å². The fraction of sp³-hybridized carbons (Fsp3) is 0.524. The van der Waals surface area contributed by atoms with Gasteiger partial charge in [0.25, 0.3) is 0 Å². The molecule has 0 bridgehead atoms. The van der Waals surface area contributed by atoms with Crippen LogP contribution in [0.1, 0.15) is 23.1 Å². The van der Waals surface area contributed by atoms with Gasteiger partial charge in [0.1, 0.15) is 5.75 Å². The second-order valence-electron chi connectivity index (χ2n) is 7.36. The van der Waals surface area contributed by atoms with Gasteiger partial charge in [-0.25, -0.2) is 0 Å². The van der Waals surface area contributed by atoms with Crippen molar-refractivity contribution in [3.05, 3.63) is 47.3 Å². The van der Waals surface area contributed by atoms with Crippen LogP contribution < -0.4 is 10.1 Å². The first-order chi connectivity index (χ1) is 13.1. The zero-order chi connectivity index (χ0) is 19.2. The van der Waals surface area contributed by atoms with Gasteiger partial charge in [0, 0.05) is 39.9 Å². The molecule has 1 aromatic carbocycles. The average molecular weight is 370 g/mol. The van der Waals surface area contributed by atoms with Gasteiger partial charge in [-0.1, -0.05) is 12.1 Å². The Morgan fingerprint density at radius 3 is 2.93 bits per heavy atom. The third kappa shape index (κ3) is 5.02. The Labute approximate surface area is 162 Å². The molecule has 3 rings (SSSR count). The molecule has 146 valence electrons. The number of hydrogen-bond acceptors (Lipinski definition) is 3. The summed E-state index contributed by atoms with van der Waals surface area (Å²) in [5.41, 5.74) is 3.76. The fourth-order valence-electron chi connectivity index (χ4n) is 3.77. The molecule has 0 amide bonds. The van der Waals surface area contributed by atoms with Crippen molar-refractivity contribution in [3.8, 4) is 5.75 Å². The number of guanidine groups is 1. The molecule has 1 saturated heterocycles. The van der Waals surface area contributed by atoms with Crippen molar-refractivity contribution in [1.82, 2.24) is 20.0 Å². The SMILES string of the molecule is CN=C(NCCc1ccc(C)c(OC)c1)N1CCC(Cc2cnn(C)c2)C1. The number of methoxy groups -OCH3 is 1. The van der Waals surface area contributed by atoms with Gasteiger partial charge >= 0.3 is 0 Å². The summed E-state index contributed by atoms with van der Waals surface area (Å²) >= 11 is 0. The molecule has 0 spiro atoms. The first-order valence-electron chi connectivity index (χ1n) is 9.65. The Bertz CT molecular complexity index is 783. The number of rotatable bonds is 6. The maximum Gasteiger partial charge on any atom is 0.193 e. The lowest BCUT2D eigenvalue weighted by Crippen LogP contribution is -2.41. The van der Waals surface area contributed by atoms with E-state index in [-0.39, 0.29) is 0 Å². The Hall–Kier alpha value is -2.50. The van der Waals surface area contributed by atoms with E-state index < -0.39 is 0 Å². The summed E-state index contributed by atoms with van der Waals surface area (Å²) in [6.07, 6.45) is 7.33. The van der Waals surface area contributed by atoms with Crippen LogP contribution in [0.25, 0.3) is 0 Å². The normalized spacial score (nSPS) is 17.4. The number of aliphatic imine (C=N–C) groups is 1. The Kier molecular flexibility index (Phi) is 6.37. The molecule has 6 heteroatoms. The molecule has 2 heterocycles. The van der Waals surface area contributed by atoms with E-state index in [0.717, 1.165) is 44.2 Å². The molecular formula is C21H31N5O. The van der Waals surface area contributed by atoms with Crippen LogP contribution in [0.5, 0.6) is 5.75 Å². The summed E-state index contributed by atoms with van der Waals surface area (Å²) in [5.74, 6) is 2.62. The van der Waals surface area contributed by atoms with Crippen LogP contribution in [0.2, 0.25) is 0 Å². The standard InChI is InChI=1S/C21H31N5O/c1-16-5-6-17(12-20(16)27-4)7-9-23-21(22-2)26-10-8-18(15-26)11-19-13-24-25(3)14-19/h5-6,12-14,18H,7-11,15H2,1-4H3,(H,22,23). The van der Waals surface area contributed by atoms with Gasteiger partial charge in [0.2, 0.25) is 0 Å². The van der Waals surface area contributed by atoms with Gasteiger partial charge in [-0.05, 0) is 54.9 Å². The van der Waals surface area contributed by atoms with E-state index in [2.05, 4.69) is 51.6 Å². The third-order valence-corrected chi connectivity index (χ3v) is 5.25. The van der Waals surface area contributed by atoms with Gasteiger partial charge in [-0.15, -0.1) is 0 Å². The summed E-state index contributed by atoms with van der Waals surface area (Å²) < 4.78 is 7.30. The molecule has 1 fully saturated rings. The lowest BCUT2D eigenvalue weighted by molar-refractivity contribution is 0.411. The van der Waals surface area contributed by atoms with Crippen molar-refractivity contribution in [3.63, 3.8) is 0 Å². The van der Waals surface area contributed by atoms with E-state index in [1.807, 2.05) is 25.0 Å². The lowest BCUT2D eigenvalue weighted by Gasteiger charge is -2.21. The van der Waals surface area contributed by atoms with Gasteiger partial charge in [-0.2, -0.15) is 5.10 Å². The predicted molar refractivity (Wildman–Crippen MR) is 109 cm³/mol. The van der Waals surface area contributed by atoms with E-state index in [1.165, 1.54) is 23.1 Å². The number of aromatic nitrogens is 2. The van der Waals surface area contributed by atoms with E-state index >= 15 is 0 Å². The van der Waals surface area contributed by atoms with Gasteiger partial charge < -0.3 is 15.0 Å². The lowest BCUT2D eigenvalue weighted by atomic mass is 10.0. The largest absolute Gasteiger partial charge is 0.496 e. The van der Waals surface area contributed by atoms with Gasteiger partial charge in [-0.3, -0.25) is 9.67 Å².